The fourth-order valence-corrected chi connectivity index (χ4v) is 3.52. The molecular formula is C13H18N3O3P. The first-order chi connectivity index (χ1) is 9.61. The average molecular weight is 295 g/mol. The van der Waals surface area contributed by atoms with Crippen molar-refractivity contribution >= 4 is 25.5 Å². The van der Waals surface area contributed by atoms with Crippen LogP contribution in [-0.4, -0.2) is 25.4 Å². The van der Waals surface area contributed by atoms with E-state index in [2.05, 4.69) is 9.98 Å². The molecule has 108 valence electrons. The van der Waals surface area contributed by atoms with Crippen molar-refractivity contribution in [2.24, 2.45) is 15.7 Å². The summed E-state index contributed by atoms with van der Waals surface area (Å²) in [5.41, 5.74) is 7.17. The number of nitrogens with two attached hydrogens (primary N) is 1. The van der Waals surface area contributed by atoms with E-state index in [-0.39, 0.29) is 12.1 Å². The number of benzene rings is 1. The summed E-state index contributed by atoms with van der Waals surface area (Å²) in [5, 5.41) is 0. The summed E-state index contributed by atoms with van der Waals surface area (Å²) >= 11 is 0. The molecule has 0 aliphatic carbocycles. The molecule has 0 amide bonds. The zero-order valence-electron chi connectivity index (χ0n) is 11.4. The lowest BCUT2D eigenvalue weighted by Gasteiger charge is -2.22. The number of nitrogens with zero attached hydrogens (tertiary/aromatic N) is 2. The molecule has 0 unspecified atom stereocenters. The minimum atomic E-state index is -2.97. The predicted molar refractivity (Wildman–Crippen MR) is 79.7 cm³/mol. The first kappa shape index (κ1) is 14.9. The summed E-state index contributed by atoms with van der Waals surface area (Å²) in [6.07, 6.45) is 2.64. The van der Waals surface area contributed by atoms with Crippen molar-refractivity contribution in [1.29, 1.82) is 0 Å². The Morgan fingerprint density at radius 1 is 1.35 bits per heavy atom. The van der Waals surface area contributed by atoms with E-state index in [0.717, 1.165) is 12.0 Å². The molecule has 0 bridgehead atoms. The van der Waals surface area contributed by atoms with Crippen LogP contribution in [0.3, 0.4) is 0 Å². The van der Waals surface area contributed by atoms with Crippen molar-refractivity contribution in [3.05, 3.63) is 29.8 Å². The Labute approximate surface area is 118 Å². The van der Waals surface area contributed by atoms with E-state index in [1.807, 2.05) is 12.1 Å². The topological polar surface area (TPSA) is 86.3 Å². The third-order valence-electron chi connectivity index (χ3n) is 2.68. The SMILES string of the molecule is CC=NC(N)=Nc1ccc(CP2(=O)OCCCO2)cc1. The molecule has 7 heteroatoms. The fraction of sp³-hybridized carbons (Fsp3) is 0.385. The molecule has 1 heterocycles. The molecule has 1 aliphatic rings. The molecule has 0 spiro atoms. The van der Waals surface area contributed by atoms with Gasteiger partial charge >= 0.3 is 7.60 Å². The number of hydrogen-bond donors (Lipinski definition) is 1. The molecule has 1 aromatic rings. The lowest BCUT2D eigenvalue weighted by molar-refractivity contribution is 0.145. The molecule has 0 aromatic heterocycles. The predicted octanol–water partition coefficient (Wildman–Crippen LogP) is 2.85. The smallest absolute Gasteiger partial charge is 0.335 e. The summed E-state index contributed by atoms with van der Waals surface area (Å²) in [4.78, 5) is 7.98. The molecule has 1 saturated heterocycles. The maximum Gasteiger partial charge on any atom is 0.335 e. The zero-order chi connectivity index (χ0) is 14.4. The highest BCUT2D eigenvalue weighted by molar-refractivity contribution is 7.53. The van der Waals surface area contributed by atoms with Gasteiger partial charge in [-0.1, -0.05) is 12.1 Å². The van der Waals surface area contributed by atoms with E-state index < -0.39 is 7.60 Å². The van der Waals surface area contributed by atoms with Gasteiger partial charge in [0, 0.05) is 6.21 Å². The third-order valence-corrected chi connectivity index (χ3v) is 4.59. The monoisotopic (exact) mass is 295 g/mol. The second-order valence-electron chi connectivity index (χ2n) is 4.31. The fourth-order valence-electron chi connectivity index (χ4n) is 1.79. The van der Waals surface area contributed by atoms with Gasteiger partial charge in [-0.15, -0.1) is 0 Å². The molecule has 1 aromatic carbocycles. The second kappa shape index (κ2) is 6.79. The van der Waals surface area contributed by atoms with Crippen LogP contribution < -0.4 is 5.73 Å². The van der Waals surface area contributed by atoms with Gasteiger partial charge in [0.25, 0.3) is 0 Å². The number of guanidine groups is 1. The first-order valence-corrected chi connectivity index (χ1v) is 8.14. The molecule has 2 N–H and O–H groups in total. The first-order valence-electron chi connectivity index (χ1n) is 6.41. The van der Waals surface area contributed by atoms with Gasteiger partial charge < -0.3 is 14.8 Å². The van der Waals surface area contributed by atoms with Crippen molar-refractivity contribution in [1.82, 2.24) is 0 Å². The Kier molecular flexibility index (Phi) is 5.06. The summed E-state index contributed by atoms with van der Waals surface area (Å²) in [6, 6.07) is 7.26. The molecule has 2 rings (SSSR count). The van der Waals surface area contributed by atoms with Crippen molar-refractivity contribution in [2.45, 2.75) is 19.5 Å². The highest BCUT2D eigenvalue weighted by atomic mass is 31.2. The maximum absolute atomic E-state index is 12.2. The zero-order valence-corrected chi connectivity index (χ0v) is 12.3. The minimum Gasteiger partial charge on any atom is -0.368 e. The van der Waals surface area contributed by atoms with Gasteiger partial charge in [-0.2, -0.15) is 0 Å². The van der Waals surface area contributed by atoms with Crippen LogP contribution in [0.25, 0.3) is 0 Å². The standard InChI is InChI=1S/C13H18N3O3P/c1-2-15-13(14)16-12-6-4-11(5-7-12)10-20(17)18-8-3-9-19-20/h2,4-7H,3,8-10H2,1H3,(H2,14,16). The van der Waals surface area contributed by atoms with Gasteiger partial charge in [-0.3, -0.25) is 4.57 Å². The lowest BCUT2D eigenvalue weighted by atomic mass is 10.2. The Hall–Kier alpha value is -1.49. The molecule has 1 aliphatic heterocycles. The van der Waals surface area contributed by atoms with E-state index in [1.54, 1.807) is 25.3 Å². The van der Waals surface area contributed by atoms with Crippen LogP contribution in [0.15, 0.2) is 34.3 Å². The van der Waals surface area contributed by atoms with Gasteiger partial charge in [0.05, 0.1) is 25.1 Å². The molecule has 0 saturated carbocycles. The second-order valence-corrected chi connectivity index (χ2v) is 6.37. The van der Waals surface area contributed by atoms with Gasteiger partial charge in [0.1, 0.15) is 0 Å². The largest absolute Gasteiger partial charge is 0.368 e. The molecule has 20 heavy (non-hydrogen) atoms. The Morgan fingerprint density at radius 2 is 2.00 bits per heavy atom. The normalized spacial score (nSPS) is 19.4. The van der Waals surface area contributed by atoms with Crippen molar-refractivity contribution in [2.75, 3.05) is 13.2 Å². The van der Waals surface area contributed by atoms with E-state index in [4.69, 9.17) is 14.8 Å². The summed E-state index contributed by atoms with van der Waals surface area (Å²) in [7, 11) is -2.97. The summed E-state index contributed by atoms with van der Waals surface area (Å²) in [5.74, 6) is 0.201. The average Bonchev–Trinajstić information content (AvgIpc) is 2.42. The minimum absolute atomic E-state index is 0.201. The lowest BCUT2D eigenvalue weighted by Crippen LogP contribution is -2.09. The Morgan fingerprint density at radius 3 is 2.60 bits per heavy atom. The van der Waals surface area contributed by atoms with Gasteiger partial charge in [0.15, 0.2) is 0 Å². The van der Waals surface area contributed by atoms with Crippen molar-refractivity contribution in [3.8, 4) is 0 Å². The van der Waals surface area contributed by atoms with Gasteiger partial charge in [-0.25, -0.2) is 9.98 Å². The highest BCUT2D eigenvalue weighted by Gasteiger charge is 2.27. The molecule has 0 radical (unpaired) electrons. The number of aliphatic imine (C=N–C) groups is 2. The quantitative estimate of drug-likeness (QED) is 0.527. The molecular weight excluding hydrogens is 277 g/mol. The Bertz CT molecular complexity index is 544. The van der Waals surface area contributed by atoms with E-state index in [0.29, 0.717) is 18.9 Å². The molecule has 0 atom stereocenters. The molecule has 1 fully saturated rings. The van der Waals surface area contributed by atoms with Crippen molar-refractivity contribution < 1.29 is 13.6 Å². The van der Waals surface area contributed by atoms with Crippen molar-refractivity contribution in [3.63, 3.8) is 0 Å². The summed E-state index contributed by atoms with van der Waals surface area (Å²) < 4.78 is 22.8. The van der Waals surface area contributed by atoms with E-state index in [9.17, 15) is 4.57 Å². The van der Waals surface area contributed by atoms with Crippen LogP contribution in [0.1, 0.15) is 18.9 Å². The maximum atomic E-state index is 12.2. The van der Waals surface area contributed by atoms with Crippen LogP contribution in [-0.2, 0) is 19.8 Å². The van der Waals surface area contributed by atoms with Crippen LogP contribution in [0, 0.1) is 0 Å². The Balaban J connectivity index is 2.05. The van der Waals surface area contributed by atoms with Crippen LogP contribution in [0.5, 0.6) is 0 Å². The summed E-state index contributed by atoms with van der Waals surface area (Å²) in [6.45, 7) is 2.75. The van der Waals surface area contributed by atoms with Crippen LogP contribution in [0.2, 0.25) is 0 Å². The van der Waals surface area contributed by atoms with Gasteiger partial charge in [-0.05, 0) is 31.0 Å². The highest BCUT2D eigenvalue weighted by Crippen LogP contribution is 2.53. The van der Waals surface area contributed by atoms with E-state index in [1.165, 1.54) is 0 Å². The third kappa shape index (κ3) is 4.27. The van der Waals surface area contributed by atoms with Crippen LogP contribution in [0.4, 0.5) is 5.69 Å². The number of rotatable bonds is 3. The molecule has 6 nitrogen and oxygen atoms in total. The van der Waals surface area contributed by atoms with E-state index >= 15 is 0 Å². The van der Waals surface area contributed by atoms with Crippen LogP contribution >= 0.6 is 7.60 Å². The number of hydrogen-bond acceptors (Lipinski definition) is 4. The van der Waals surface area contributed by atoms with Gasteiger partial charge in [0.2, 0.25) is 5.96 Å².